The molecule has 1 heterocycles. The molecule has 1 fully saturated rings. The molecule has 1 aromatic rings. The summed E-state index contributed by atoms with van der Waals surface area (Å²) in [6.07, 6.45) is 0.865. The molecule has 1 N–H and O–H groups in total. The van der Waals surface area contributed by atoms with Crippen LogP contribution >= 0.6 is 0 Å². The molecule has 2 rings (SSSR count). The number of aryl methyl sites for hydroxylation is 1. The highest BCUT2D eigenvalue weighted by Gasteiger charge is 2.20. The number of methoxy groups -OCH3 is 1. The number of nitrogens with one attached hydrogen (secondary N) is 1. The predicted molar refractivity (Wildman–Crippen MR) is 76.1 cm³/mol. The lowest BCUT2D eigenvalue weighted by Crippen LogP contribution is -2.36. The molecule has 0 bridgehead atoms. The molecule has 0 aromatic heterocycles. The molecule has 108 valence electrons. The number of rotatable bonds is 4. The second kappa shape index (κ2) is 6.52. The fourth-order valence-corrected chi connectivity index (χ4v) is 2.32. The number of hydrogen-bond acceptors (Lipinski definition) is 4. The van der Waals surface area contributed by atoms with Crippen molar-refractivity contribution in [2.75, 3.05) is 33.3 Å². The summed E-state index contributed by atoms with van der Waals surface area (Å²) in [5.74, 6) is 0.553. The monoisotopic (exact) mass is 276 g/mol. The fourth-order valence-electron chi connectivity index (χ4n) is 2.32. The number of ketones is 1. The Kier molecular flexibility index (Phi) is 4.74. The van der Waals surface area contributed by atoms with Crippen molar-refractivity contribution >= 4 is 11.7 Å². The van der Waals surface area contributed by atoms with Gasteiger partial charge in [-0.25, -0.2) is 0 Å². The van der Waals surface area contributed by atoms with E-state index >= 15 is 0 Å². The third kappa shape index (κ3) is 3.57. The van der Waals surface area contributed by atoms with Gasteiger partial charge >= 0.3 is 0 Å². The molecule has 1 aromatic carbocycles. The van der Waals surface area contributed by atoms with Gasteiger partial charge in [0.1, 0.15) is 5.75 Å². The Balaban J connectivity index is 2.09. The summed E-state index contributed by atoms with van der Waals surface area (Å²) in [6, 6.07) is 5.53. The van der Waals surface area contributed by atoms with E-state index in [9.17, 15) is 9.59 Å². The lowest BCUT2D eigenvalue weighted by atomic mass is 10.1. The summed E-state index contributed by atoms with van der Waals surface area (Å²) in [5, 5.41) is 2.80. The fraction of sp³-hybridized carbons (Fsp3) is 0.467. The number of hydrogen-bond donors (Lipinski definition) is 1. The Morgan fingerprint density at radius 1 is 1.45 bits per heavy atom. The summed E-state index contributed by atoms with van der Waals surface area (Å²) >= 11 is 0. The minimum absolute atomic E-state index is 0.0171. The highest BCUT2D eigenvalue weighted by Crippen LogP contribution is 2.20. The van der Waals surface area contributed by atoms with Crippen molar-refractivity contribution in [3.63, 3.8) is 0 Å². The van der Waals surface area contributed by atoms with Crippen molar-refractivity contribution in [1.82, 2.24) is 10.2 Å². The Hall–Kier alpha value is -1.88. The van der Waals surface area contributed by atoms with Crippen molar-refractivity contribution < 1.29 is 14.3 Å². The topological polar surface area (TPSA) is 58.6 Å². The molecule has 0 radical (unpaired) electrons. The molecule has 0 spiro atoms. The van der Waals surface area contributed by atoms with Gasteiger partial charge in [0, 0.05) is 13.1 Å². The highest BCUT2D eigenvalue weighted by atomic mass is 16.5. The number of amides is 1. The molecular formula is C15H20N2O3. The van der Waals surface area contributed by atoms with Crippen LogP contribution < -0.4 is 10.1 Å². The second-order valence-corrected chi connectivity index (χ2v) is 5.04. The van der Waals surface area contributed by atoms with Crippen molar-refractivity contribution in [1.29, 1.82) is 0 Å². The molecule has 0 saturated carbocycles. The number of ether oxygens (including phenoxy) is 1. The molecule has 0 unspecified atom stereocenters. The minimum Gasteiger partial charge on any atom is -0.496 e. The zero-order valence-corrected chi connectivity index (χ0v) is 11.9. The molecule has 0 atom stereocenters. The first kappa shape index (κ1) is 14.5. The molecule has 20 heavy (non-hydrogen) atoms. The largest absolute Gasteiger partial charge is 0.496 e. The first-order chi connectivity index (χ1) is 9.60. The number of carbonyl (C=O) groups excluding carboxylic acids is 2. The number of Topliss-reactive ketones (excluding diaryl/α,β-unsaturated/α-hetero) is 1. The van der Waals surface area contributed by atoms with Crippen molar-refractivity contribution in [3.05, 3.63) is 29.3 Å². The Bertz CT molecular complexity index is 514. The van der Waals surface area contributed by atoms with E-state index in [2.05, 4.69) is 5.32 Å². The third-order valence-corrected chi connectivity index (χ3v) is 3.37. The van der Waals surface area contributed by atoms with Gasteiger partial charge in [0.2, 0.25) is 5.91 Å². The van der Waals surface area contributed by atoms with Gasteiger partial charge in [0.05, 0.1) is 25.8 Å². The molecule has 1 saturated heterocycles. The Labute approximate surface area is 118 Å². The summed E-state index contributed by atoms with van der Waals surface area (Å²) in [4.78, 5) is 25.7. The molecule has 1 aliphatic rings. The lowest BCUT2D eigenvalue weighted by molar-refractivity contribution is -0.121. The average molecular weight is 276 g/mol. The maximum Gasteiger partial charge on any atom is 0.234 e. The summed E-state index contributed by atoms with van der Waals surface area (Å²) in [7, 11) is 1.56. The standard InChI is InChI=1S/C15H20N2O3/c1-11-4-5-12(14(8-11)20-2)13(18)9-17-7-3-6-16-15(19)10-17/h4-5,8H,3,6-7,9-10H2,1-2H3,(H,16,19). The smallest absolute Gasteiger partial charge is 0.234 e. The van der Waals surface area contributed by atoms with Crippen LogP contribution in [-0.2, 0) is 4.79 Å². The van der Waals surface area contributed by atoms with E-state index in [1.165, 1.54) is 0 Å². The maximum absolute atomic E-state index is 12.4. The van der Waals surface area contributed by atoms with Crippen LogP contribution in [0.25, 0.3) is 0 Å². The third-order valence-electron chi connectivity index (χ3n) is 3.37. The van der Waals surface area contributed by atoms with Crippen LogP contribution in [0.1, 0.15) is 22.3 Å². The van der Waals surface area contributed by atoms with E-state index < -0.39 is 0 Å². The first-order valence-electron chi connectivity index (χ1n) is 6.77. The van der Waals surface area contributed by atoms with Gasteiger partial charge < -0.3 is 10.1 Å². The average Bonchev–Trinajstić information content (AvgIpc) is 2.62. The zero-order chi connectivity index (χ0) is 14.5. The van der Waals surface area contributed by atoms with Gasteiger partial charge in [-0.3, -0.25) is 14.5 Å². The van der Waals surface area contributed by atoms with Crippen LogP contribution in [0.4, 0.5) is 0 Å². The van der Waals surface area contributed by atoms with Crippen LogP contribution in [0.2, 0.25) is 0 Å². The van der Waals surface area contributed by atoms with Gasteiger partial charge in [-0.15, -0.1) is 0 Å². The van der Waals surface area contributed by atoms with Crippen LogP contribution in [0.3, 0.4) is 0 Å². The number of benzene rings is 1. The predicted octanol–water partition coefficient (Wildman–Crippen LogP) is 1.01. The van der Waals surface area contributed by atoms with Crippen LogP contribution in [0.5, 0.6) is 5.75 Å². The summed E-state index contributed by atoms with van der Waals surface area (Å²) < 4.78 is 5.26. The van der Waals surface area contributed by atoms with Crippen molar-refractivity contribution in [3.8, 4) is 5.75 Å². The van der Waals surface area contributed by atoms with Gasteiger partial charge in [-0.2, -0.15) is 0 Å². The van der Waals surface area contributed by atoms with Gasteiger partial charge in [-0.05, 0) is 31.0 Å². The van der Waals surface area contributed by atoms with Gasteiger partial charge in [0.15, 0.2) is 5.78 Å². The molecular weight excluding hydrogens is 256 g/mol. The Morgan fingerprint density at radius 3 is 3.00 bits per heavy atom. The van der Waals surface area contributed by atoms with E-state index in [-0.39, 0.29) is 24.8 Å². The molecule has 0 aliphatic carbocycles. The van der Waals surface area contributed by atoms with Crippen LogP contribution in [-0.4, -0.2) is 49.9 Å². The molecule has 5 heteroatoms. The van der Waals surface area contributed by atoms with Crippen molar-refractivity contribution in [2.24, 2.45) is 0 Å². The van der Waals surface area contributed by atoms with E-state index in [1.807, 2.05) is 24.0 Å². The molecule has 5 nitrogen and oxygen atoms in total. The zero-order valence-electron chi connectivity index (χ0n) is 11.9. The van der Waals surface area contributed by atoms with Crippen LogP contribution in [0.15, 0.2) is 18.2 Å². The quantitative estimate of drug-likeness (QED) is 0.834. The van der Waals surface area contributed by atoms with E-state index in [4.69, 9.17) is 4.74 Å². The van der Waals surface area contributed by atoms with Gasteiger partial charge in [0.25, 0.3) is 0 Å². The molecule has 1 amide bonds. The van der Waals surface area contributed by atoms with Crippen molar-refractivity contribution in [2.45, 2.75) is 13.3 Å². The molecule has 1 aliphatic heterocycles. The SMILES string of the molecule is COc1cc(C)ccc1C(=O)CN1CCCNC(=O)C1. The lowest BCUT2D eigenvalue weighted by Gasteiger charge is -2.18. The summed E-state index contributed by atoms with van der Waals surface area (Å²) in [6.45, 7) is 3.90. The van der Waals surface area contributed by atoms with E-state index in [0.717, 1.165) is 18.5 Å². The minimum atomic E-state index is -0.0221. The first-order valence-corrected chi connectivity index (χ1v) is 6.77. The maximum atomic E-state index is 12.4. The summed E-state index contributed by atoms with van der Waals surface area (Å²) in [5.41, 5.74) is 1.62. The second-order valence-electron chi connectivity index (χ2n) is 5.04. The van der Waals surface area contributed by atoms with Gasteiger partial charge in [-0.1, -0.05) is 6.07 Å². The normalized spacial score (nSPS) is 16.4. The number of nitrogens with zero attached hydrogens (tertiary/aromatic N) is 1. The van der Waals surface area contributed by atoms with E-state index in [0.29, 0.717) is 17.9 Å². The van der Waals surface area contributed by atoms with Crippen LogP contribution in [0, 0.1) is 6.92 Å². The Morgan fingerprint density at radius 2 is 2.25 bits per heavy atom. The van der Waals surface area contributed by atoms with E-state index in [1.54, 1.807) is 13.2 Å². The number of carbonyl (C=O) groups is 2. The highest BCUT2D eigenvalue weighted by molar-refractivity contribution is 6.00.